The summed E-state index contributed by atoms with van der Waals surface area (Å²) in [5.74, 6) is 0.635. The minimum absolute atomic E-state index is 0.0176. The van der Waals surface area contributed by atoms with Gasteiger partial charge in [0.2, 0.25) is 0 Å². The maximum Gasteiger partial charge on any atom is 0.258 e. The number of carbonyl (C=O) groups excluding carboxylic acids is 1. The molecule has 0 radical (unpaired) electrons. The second-order valence-electron chi connectivity index (χ2n) is 7.71. The van der Waals surface area contributed by atoms with Gasteiger partial charge in [-0.3, -0.25) is 4.79 Å². The predicted octanol–water partition coefficient (Wildman–Crippen LogP) is 1.76. The highest BCUT2D eigenvalue weighted by Gasteiger charge is 2.23. The number of aryl methyl sites for hydroxylation is 3. The Morgan fingerprint density at radius 3 is 2.32 bits per heavy atom. The van der Waals surface area contributed by atoms with E-state index in [-0.39, 0.29) is 18.6 Å². The highest BCUT2D eigenvalue weighted by molar-refractivity contribution is 5.78. The first-order chi connectivity index (χ1) is 13.5. The van der Waals surface area contributed by atoms with Crippen molar-refractivity contribution < 1.29 is 19.2 Å². The molecule has 0 aliphatic carbocycles. The van der Waals surface area contributed by atoms with Gasteiger partial charge in [0, 0.05) is 0 Å². The third kappa shape index (κ3) is 6.08. The Hall–Kier alpha value is -2.37. The average molecular weight is 384 g/mol. The van der Waals surface area contributed by atoms with E-state index >= 15 is 0 Å². The van der Waals surface area contributed by atoms with Crippen LogP contribution in [-0.4, -0.2) is 45.4 Å². The molecule has 1 aliphatic heterocycles. The van der Waals surface area contributed by atoms with Crippen molar-refractivity contribution in [2.24, 2.45) is 0 Å². The first-order valence-electron chi connectivity index (χ1n) is 9.98. The lowest BCUT2D eigenvalue weighted by atomic mass is 10.0. The van der Waals surface area contributed by atoms with Crippen LogP contribution in [0.3, 0.4) is 0 Å². The molecular formula is C23H31N2O3+. The van der Waals surface area contributed by atoms with E-state index in [4.69, 9.17) is 9.47 Å². The molecule has 2 aromatic carbocycles. The van der Waals surface area contributed by atoms with Crippen LogP contribution in [0.4, 0.5) is 0 Å². The van der Waals surface area contributed by atoms with E-state index in [0.29, 0.717) is 0 Å². The number of hydrogen-bond acceptors (Lipinski definition) is 3. The fourth-order valence-corrected chi connectivity index (χ4v) is 3.60. The van der Waals surface area contributed by atoms with Crippen molar-refractivity contribution in [3.63, 3.8) is 0 Å². The molecule has 0 spiro atoms. The zero-order valence-electron chi connectivity index (χ0n) is 17.1. The molecule has 5 heteroatoms. The van der Waals surface area contributed by atoms with Gasteiger partial charge in [-0.2, -0.15) is 0 Å². The van der Waals surface area contributed by atoms with Crippen molar-refractivity contribution in [2.75, 3.05) is 39.5 Å². The molecular weight excluding hydrogens is 352 g/mol. The smallest absolute Gasteiger partial charge is 0.258 e. The molecule has 1 amide bonds. The minimum atomic E-state index is -0.0996. The number of ether oxygens (including phenoxy) is 2. The van der Waals surface area contributed by atoms with E-state index in [2.05, 4.69) is 42.6 Å². The highest BCUT2D eigenvalue weighted by Crippen LogP contribution is 2.16. The molecule has 0 saturated carbocycles. The highest BCUT2D eigenvalue weighted by atomic mass is 16.5. The van der Waals surface area contributed by atoms with E-state index in [9.17, 15) is 4.79 Å². The summed E-state index contributed by atoms with van der Waals surface area (Å²) in [6.45, 7) is 10.5. The Morgan fingerprint density at radius 1 is 1.04 bits per heavy atom. The zero-order valence-corrected chi connectivity index (χ0v) is 17.1. The molecule has 1 saturated heterocycles. The van der Waals surface area contributed by atoms with Crippen molar-refractivity contribution in [1.82, 2.24) is 5.32 Å². The van der Waals surface area contributed by atoms with Gasteiger partial charge in [-0.15, -0.1) is 0 Å². The summed E-state index contributed by atoms with van der Waals surface area (Å²) < 4.78 is 11.2. The lowest BCUT2D eigenvalue weighted by Gasteiger charge is -2.28. The zero-order chi connectivity index (χ0) is 19.9. The summed E-state index contributed by atoms with van der Waals surface area (Å²) >= 11 is 0. The van der Waals surface area contributed by atoms with Gasteiger partial charge in [-0.25, -0.2) is 0 Å². The largest absolute Gasteiger partial charge is 0.484 e. The van der Waals surface area contributed by atoms with Crippen LogP contribution in [0.25, 0.3) is 0 Å². The monoisotopic (exact) mass is 383 g/mol. The van der Waals surface area contributed by atoms with Crippen LogP contribution in [0.2, 0.25) is 0 Å². The van der Waals surface area contributed by atoms with Crippen LogP contribution in [0, 0.1) is 20.8 Å². The molecule has 0 unspecified atom stereocenters. The molecule has 1 heterocycles. The SMILES string of the molecule is Cc1ccc([C@@H](C[NH+]2CCOCC2)NC(=O)COc2cc(C)cc(C)c2)cc1. The van der Waals surface area contributed by atoms with Crippen LogP contribution in [0.15, 0.2) is 42.5 Å². The maximum atomic E-state index is 12.6. The molecule has 2 N–H and O–H groups in total. The molecule has 0 aromatic heterocycles. The quantitative estimate of drug-likeness (QED) is 0.766. The number of benzene rings is 2. The number of hydrogen-bond donors (Lipinski definition) is 2. The number of nitrogens with one attached hydrogen (secondary N) is 2. The summed E-state index contributed by atoms with van der Waals surface area (Å²) in [7, 11) is 0. The normalized spacial score (nSPS) is 15.8. The molecule has 0 bridgehead atoms. The summed E-state index contributed by atoms with van der Waals surface area (Å²) in [6, 6.07) is 14.3. The van der Waals surface area contributed by atoms with Crippen molar-refractivity contribution in [1.29, 1.82) is 0 Å². The average Bonchev–Trinajstić information content (AvgIpc) is 2.67. The second-order valence-corrected chi connectivity index (χ2v) is 7.71. The van der Waals surface area contributed by atoms with E-state index in [1.807, 2.05) is 26.0 Å². The Labute approximate surface area is 167 Å². The van der Waals surface area contributed by atoms with Crippen molar-refractivity contribution >= 4 is 5.91 Å². The van der Waals surface area contributed by atoms with E-state index < -0.39 is 0 Å². The fraction of sp³-hybridized carbons (Fsp3) is 0.435. The van der Waals surface area contributed by atoms with Gasteiger partial charge >= 0.3 is 0 Å². The Balaban J connectivity index is 1.63. The van der Waals surface area contributed by atoms with E-state index in [1.165, 1.54) is 10.5 Å². The van der Waals surface area contributed by atoms with E-state index in [0.717, 1.165) is 55.3 Å². The van der Waals surface area contributed by atoms with Crippen LogP contribution < -0.4 is 15.0 Å². The standard InChI is InChI=1S/C23H30N2O3/c1-17-4-6-20(7-5-17)22(15-25-8-10-27-11-9-25)24-23(26)16-28-21-13-18(2)12-19(3)14-21/h4-7,12-14,22H,8-11,15-16H2,1-3H3,(H,24,26)/p+1/t22-/m1/s1. The van der Waals surface area contributed by atoms with Gasteiger partial charge in [-0.1, -0.05) is 35.9 Å². The molecule has 1 aliphatic rings. The summed E-state index contributed by atoms with van der Waals surface area (Å²) in [6.07, 6.45) is 0. The van der Waals surface area contributed by atoms with Gasteiger partial charge in [0.05, 0.1) is 13.2 Å². The molecule has 1 atom stereocenters. The number of amides is 1. The molecule has 2 aromatic rings. The number of rotatable bonds is 7. The van der Waals surface area contributed by atoms with Crippen molar-refractivity contribution in [3.05, 3.63) is 64.7 Å². The van der Waals surface area contributed by atoms with Crippen LogP contribution in [0.1, 0.15) is 28.3 Å². The molecule has 3 rings (SSSR count). The lowest BCUT2D eigenvalue weighted by molar-refractivity contribution is -0.909. The van der Waals surface area contributed by atoms with Gasteiger partial charge in [-0.05, 0) is 49.6 Å². The van der Waals surface area contributed by atoms with Crippen molar-refractivity contribution in [3.8, 4) is 5.75 Å². The van der Waals surface area contributed by atoms with Gasteiger partial charge < -0.3 is 19.7 Å². The number of morpholine rings is 1. The molecule has 150 valence electrons. The molecule has 28 heavy (non-hydrogen) atoms. The van der Waals surface area contributed by atoms with Gasteiger partial charge in [0.1, 0.15) is 31.4 Å². The number of carbonyl (C=O) groups is 1. The van der Waals surface area contributed by atoms with Crippen LogP contribution in [0.5, 0.6) is 5.75 Å². The second kappa shape index (κ2) is 9.71. The lowest BCUT2D eigenvalue weighted by Crippen LogP contribution is -3.14. The van der Waals surface area contributed by atoms with Crippen LogP contribution >= 0.6 is 0 Å². The van der Waals surface area contributed by atoms with Gasteiger partial charge in [0.25, 0.3) is 5.91 Å². The predicted molar refractivity (Wildman–Crippen MR) is 110 cm³/mol. The minimum Gasteiger partial charge on any atom is -0.484 e. The van der Waals surface area contributed by atoms with E-state index in [1.54, 1.807) is 0 Å². The van der Waals surface area contributed by atoms with Crippen molar-refractivity contribution in [2.45, 2.75) is 26.8 Å². The summed E-state index contributed by atoms with van der Waals surface area (Å²) in [5.41, 5.74) is 4.60. The number of quaternary nitrogens is 1. The van der Waals surface area contributed by atoms with Gasteiger partial charge in [0.15, 0.2) is 6.61 Å². The Morgan fingerprint density at radius 2 is 1.68 bits per heavy atom. The topological polar surface area (TPSA) is 52.0 Å². The Kier molecular flexibility index (Phi) is 7.06. The van der Waals surface area contributed by atoms with Crippen LogP contribution in [-0.2, 0) is 9.53 Å². The first-order valence-corrected chi connectivity index (χ1v) is 9.98. The fourth-order valence-electron chi connectivity index (χ4n) is 3.60. The maximum absolute atomic E-state index is 12.6. The Bertz CT molecular complexity index is 763. The summed E-state index contributed by atoms with van der Waals surface area (Å²) in [5, 5.41) is 3.17. The first kappa shape index (κ1) is 20.4. The molecule has 1 fully saturated rings. The third-order valence-electron chi connectivity index (χ3n) is 5.07. The summed E-state index contributed by atoms with van der Waals surface area (Å²) in [4.78, 5) is 14.1. The molecule has 5 nitrogen and oxygen atoms in total. The third-order valence-corrected chi connectivity index (χ3v) is 5.07.